The van der Waals surface area contributed by atoms with Gasteiger partial charge in [-0.25, -0.2) is 4.68 Å². The first-order valence-corrected chi connectivity index (χ1v) is 9.74. The zero-order valence-electron chi connectivity index (χ0n) is 15.9. The Kier molecular flexibility index (Phi) is 4.02. The number of pyridine rings is 1. The molecule has 1 amide bonds. The van der Waals surface area contributed by atoms with Crippen molar-refractivity contribution in [3.8, 4) is 16.8 Å². The van der Waals surface area contributed by atoms with E-state index in [9.17, 15) is 4.79 Å². The Hall–Kier alpha value is -2.99. The molecular formula is C22H23N5O. The zero-order valence-corrected chi connectivity index (χ0v) is 15.9. The molecule has 0 saturated carbocycles. The fourth-order valence-electron chi connectivity index (χ4n) is 4.46. The Morgan fingerprint density at radius 2 is 2.00 bits per heavy atom. The molecule has 4 heterocycles. The minimum Gasteiger partial charge on any atom is -0.344 e. The van der Waals surface area contributed by atoms with Gasteiger partial charge in [-0.3, -0.25) is 15.1 Å². The quantitative estimate of drug-likeness (QED) is 0.767. The van der Waals surface area contributed by atoms with E-state index in [2.05, 4.69) is 33.6 Å². The number of carbonyl (C=O) groups excluding carboxylic acids is 1. The van der Waals surface area contributed by atoms with Crippen LogP contribution in [0.4, 0.5) is 0 Å². The molecule has 2 atom stereocenters. The van der Waals surface area contributed by atoms with E-state index in [0.29, 0.717) is 0 Å². The first-order chi connectivity index (χ1) is 13.6. The van der Waals surface area contributed by atoms with Crippen molar-refractivity contribution in [3.05, 3.63) is 66.7 Å². The van der Waals surface area contributed by atoms with Crippen LogP contribution >= 0.6 is 0 Å². The molecule has 6 heteroatoms. The standard InChI is InChI=1S/C22H23N5O/c1-26-13-9-22(21(26)28)8-6-19(25-22)20-15-17(7-11-23-20)16-4-2-5-18(14-16)27-12-3-10-24-27/h2-5,7,10-12,14-15,19,25H,6,8-9,13H2,1H3/t19?,22-/m0/s1. The largest absolute Gasteiger partial charge is 0.344 e. The lowest BCUT2D eigenvalue weighted by Crippen LogP contribution is -2.47. The summed E-state index contributed by atoms with van der Waals surface area (Å²) in [6.07, 6.45) is 8.27. The summed E-state index contributed by atoms with van der Waals surface area (Å²) in [5, 5.41) is 7.92. The molecule has 2 fully saturated rings. The SMILES string of the molecule is CN1CC[C@@]2(CCC(c3cc(-c4cccc(-n5cccn5)c4)ccn3)N2)C1=O. The van der Waals surface area contributed by atoms with Crippen LogP contribution in [0.5, 0.6) is 0 Å². The normalized spacial score (nSPS) is 24.4. The monoisotopic (exact) mass is 373 g/mol. The highest BCUT2D eigenvalue weighted by Crippen LogP contribution is 2.39. The number of likely N-dealkylation sites (tertiary alicyclic amines) is 1. The summed E-state index contributed by atoms with van der Waals surface area (Å²) in [6, 6.07) is 14.5. The lowest BCUT2D eigenvalue weighted by molar-refractivity contribution is -0.131. The number of amides is 1. The zero-order chi connectivity index (χ0) is 19.1. The number of nitrogens with zero attached hydrogens (tertiary/aromatic N) is 4. The number of likely N-dealkylation sites (N-methyl/N-ethyl adjacent to an activating group) is 1. The van der Waals surface area contributed by atoms with Gasteiger partial charge in [-0.1, -0.05) is 12.1 Å². The Balaban J connectivity index is 1.42. The van der Waals surface area contributed by atoms with E-state index in [1.54, 1.807) is 6.20 Å². The highest BCUT2D eigenvalue weighted by atomic mass is 16.2. The van der Waals surface area contributed by atoms with Crippen LogP contribution in [-0.2, 0) is 4.79 Å². The van der Waals surface area contributed by atoms with Gasteiger partial charge < -0.3 is 4.90 Å². The highest BCUT2D eigenvalue weighted by molar-refractivity contribution is 5.88. The Bertz CT molecular complexity index is 1020. The lowest BCUT2D eigenvalue weighted by Gasteiger charge is -2.23. The molecule has 28 heavy (non-hydrogen) atoms. The van der Waals surface area contributed by atoms with Crippen LogP contribution in [0.25, 0.3) is 16.8 Å². The minimum absolute atomic E-state index is 0.115. The van der Waals surface area contributed by atoms with Gasteiger partial charge in [-0.2, -0.15) is 5.10 Å². The third-order valence-corrected chi connectivity index (χ3v) is 6.03. The highest BCUT2D eigenvalue weighted by Gasteiger charge is 2.50. The molecule has 1 N–H and O–H groups in total. The van der Waals surface area contributed by atoms with Crippen molar-refractivity contribution >= 4 is 5.91 Å². The summed E-state index contributed by atoms with van der Waals surface area (Å²) in [5.74, 6) is 0.220. The van der Waals surface area contributed by atoms with Gasteiger partial charge in [0.25, 0.3) is 0 Å². The van der Waals surface area contributed by atoms with Crippen LogP contribution in [0.1, 0.15) is 31.0 Å². The Morgan fingerprint density at radius 3 is 2.79 bits per heavy atom. The van der Waals surface area contributed by atoms with Crippen molar-refractivity contribution in [2.75, 3.05) is 13.6 Å². The van der Waals surface area contributed by atoms with Crippen LogP contribution in [0.15, 0.2) is 61.1 Å². The van der Waals surface area contributed by atoms with Gasteiger partial charge in [-0.15, -0.1) is 0 Å². The molecule has 6 nitrogen and oxygen atoms in total. The second kappa shape index (κ2) is 6.56. The average Bonchev–Trinajstić information content (AvgIpc) is 3.47. The Labute approximate surface area is 164 Å². The molecule has 1 spiro atoms. The molecule has 1 aromatic carbocycles. The molecule has 2 aliphatic heterocycles. The van der Waals surface area contributed by atoms with Crippen LogP contribution in [-0.4, -0.2) is 44.7 Å². The smallest absolute Gasteiger partial charge is 0.242 e. The van der Waals surface area contributed by atoms with E-state index >= 15 is 0 Å². The molecule has 1 unspecified atom stereocenters. The summed E-state index contributed by atoms with van der Waals surface area (Å²) >= 11 is 0. The summed E-state index contributed by atoms with van der Waals surface area (Å²) < 4.78 is 1.86. The van der Waals surface area contributed by atoms with E-state index in [4.69, 9.17) is 0 Å². The summed E-state index contributed by atoms with van der Waals surface area (Å²) in [7, 11) is 1.89. The van der Waals surface area contributed by atoms with Gasteiger partial charge >= 0.3 is 0 Å². The molecule has 0 aliphatic carbocycles. The molecule has 2 aromatic heterocycles. The maximum atomic E-state index is 12.6. The first-order valence-electron chi connectivity index (χ1n) is 9.74. The third kappa shape index (κ3) is 2.81. The van der Waals surface area contributed by atoms with Gasteiger partial charge in [0, 0.05) is 32.2 Å². The summed E-state index contributed by atoms with van der Waals surface area (Å²) in [4.78, 5) is 19.0. The van der Waals surface area contributed by atoms with Crippen molar-refractivity contribution in [2.24, 2.45) is 0 Å². The fraction of sp³-hybridized carbons (Fsp3) is 0.318. The van der Waals surface area contributed by atoms with Gasteiger partial charge in [0.1, 0.15) is 5.54 Å². The number of carbonyl (C=O) groups is 1. The van der Waals surface area contributed by atoms with E-state index in [1.165, 1.54) is 0 Å². The molecule has 0 radical (unpaired) electrons. The van der Waals surface area contributed by atoms with E-state index in [-0.39, 0.29) is 11.9 Å². The fourth-order valence-corrected chi connectivity index (χ4v) is 4.46. The molecule has 2 aliphatic rings. The number of benzene rings is 1. The average molecular weight is 373 g/mol. The van der Waals surface area contributed by atoms with Gasteiger partial charge in [-0.05, 0) is 60.7 Å². The molecule has 2 saturated heterocycles. The van der Waals surface area contributed by atoms with E-state index in [1.807, 2.05) is 53.3 Å². The van der Waals surface area contributed by atoms with Crippen LogP contribution < -0.4 is 5.32 Å². The molecular weight excluding hydrogens is 350 g/mol. The van der Waals surface area contributed by atoms with Crippen molar-refractivity contribution in [1.82, 2.24) is 25.0 Å². The number of rotatable bonds is 3. The number of nitrogens with one attached hydrogen (secondary N) is 1. The van der Waals surface area contributed by atoms with E-state index < -0.39 is 5.54 Å². The topological polar surface area (TPSA) is 63.1 Å². The van der Waals surface area contributed by atoms with Crippen LogP contribution in [0.3, 0.4) is 0 Å². The van der Waals surface area contributed by atoms with Gasteiger partial charge in [0.15, 0.2) is 0 Å². The van der Waals surface area contributed by atoms with Crippen molar-refractivity contribution in [3.63, 3.8) is 0 Å². The predicted molar refractivity (Wildman–Crippen MR) is 107 cm³/mol. The lowest BCUT2D eigenvalue weighted by atomic mass is 9.96. The Morgan fingerprint density at radius 1 is 1.11 bits per heavy atom. The first kappa shape index (κ1) is 17.1. The van der Waals surface area contributed by atoms with Crippen LogP contribution in [0, 0.1) is 0 Å². The molecule has 0 bridgehead atoms. The van der Waals surface area contributed by atoms with Crippen molar-refractivity contribution in [1.29, 1.82) is 0 Å². The van der Waals surface area contributed by atoms with Gasteiger partial charge in [0.2, 0.25) is 5.91 Å². The second-order valence-electron chi connectivity index (χ2n) is 7.76. The van der Waals surface area contributed by atoms with E-state index in [0.717, 1.165) is 48.3 Å². The maximum absolute atomic E-state index is 12.6. The minimum atomic E-state index is -0.392. The number of aromatic nitrogens is 3. The summed E-state index contributed by atoms with van der Waals surface area (Å²) in [6.45, 7) is 0.826. The molecule has 5 rings (SSSR count). The van der Waals surface area contributed by atoms with Gasteiger partial charge in [0.05, 0.1) is 17.4 Å². The van der Waals surface area contributed by atoms with Crippen molar-refractivity contribution in [2.45, 2.75) is 30.8 Å². The maximum Gasteiger partial charge on any atom is 0.242 e. The second-order valence-corrected chi connectivity index (χ2v) is 7.76. The molecule has 3 aromatic rings. The molecule has 142 valence electrons. The number of hydrogen-bond acceptors (Lipinski definition) is 4. The predicted octanol–water partition coefficient (Wildman–Crippen LogP) is 2.96. The number of hydrogen-bond donors (Lipinski definition) is 1. The van der Waals surface area contributed by atoms with Crippen LogP contribution in [0.2, 0.25) is 0 Å². The summed E-state index contributed by atoms with van der Waals surface area (Å²) in [5.41, 5.74) is 3.88. The third-order valence-electron chi connectivity index (χ3n) is 6.03. The van der Waals surface area contributed by atoms with Crippen molar-refractivity contribution < 1.29 is 4.79 Å².